The average Bonchev–Trinajstić information content (AvgIpc) is 2.51. The minimum absolute atomic E-state index is 0.303. The molecule has 7 heteroatoms. The number of hydrogen-bond donors (Lipinski definition) is 2. The van der Waals surface area contributed by atoms with E-state index in [2.05, 4.69) is 17.6 Å². The third kappa shape index (κ3) is 6.62. The Hall–Kier alpha value is -1.53. The lowest BCUT2D eigenvalue weighted by molar-refractivity contribution is -0.145. The zero-order chi connectivity index (χ0) is 17.2. The van der Waals surface area contributed by atoms with Crippen LogP contribution in [0.15, 0.2) is 18.2 Å². The van der Waals surface area contributed by atoms with Crippen LogP contribution in [-0.4, -0.2) is 30.8 Å². The molecule has 0 amide bonds. The van der Waals surface area contributed by atoms with E-state index in [1.54, 1.807) is 32.2 Å². The molecule has 0 aliphatic heterocycles. The van der Waals surface area contributed by atoms with Gasteiger partial charge in [0.1, 0.15) is 11.8 Å². The van der Waals surface area contributed by atoms with Crippen molar-refractivity contribution in [3.8, 4) is 5.75 Å². The molecule has 1 unspecified atom stereocenters. The van der Waals surface area contributed by atoms with Crippen LogP contribution < -0.4 is 15.4 Å². The zero-order valence-corrected chi connectivity index (χ0v) is 15.2. The molecule has 128 valence electrons. The van der Waals surface area contributed by atoms with Crippen molar-refractivity contribution in [3.63, 3.8) is 0 Å². The van der Waals surface area contributed by atoms with Gasteiger partial charge in [-0.25, -0.2) is 4.79 Å². The van der Waals surface area contributed by atoms with Gasteiger partial charge in [-0.15, -0.1) is 0 Å². The molecule has 1 rings (SSSR count). The van der Waals surface area contributed by atoms with E-state index in [0.29, 0.717) is 34.6 Å². The number of nitrogens with one attached hydrogen (secondary N) is 2. The Morgan fingerprint density at radius 2 is 2.13 bits per heavy atom. The first kappa shape index (κ1) is 19.5. The van der Waals surface area contributed by atoms with Gasteiger partial charge in [0.2, 0.25) is 0 Å². The van der Waals surface area contributed by atoms with Gasteiger partial charge >= 0.3 is 5.97 Å². The van der Waals surface area contributed by atoms with Crippen LogP contribution in [0.4, 0.5) is 5.69 Å². The molecule has 23 heavy (non-hydrogen) atoms. The molecule has 0 aromatic heterocycles. The van der Waals surface area contributed by atoms with Crippen LogP contribution in [0.25, 0.3) is 0 Å². The quantitative estimate of drug-likeness (QED) is 0.545. The first-order valence-electron chi connectivity index (χ1n) is 7.59. The van der Waals surface area contributed by atoms with Crippen LogP contribution in [0.3, 0.4) is 0 Å². The fraction of sp³-hybridized carbons (Fsp3) is 0.500. The third-order valence-electron chi connectivity index (χ3n) is 3.13. The number of hydrogen-bond acceptors (Lipinski definition) is 4. The Balaban J connectivity index is 2.75. The number of methoxy groups -OCH3 is 1. The Morgan fingerprint density at radius 3 is 2.74 bits per heavy atom. The van der Waals surface area contributed by atoms with Crippen molar-refractivity contribution in [1.82, 2.24) is 5.32 Å². The summed E-state index contributed by atoms with van der Waals surface area (Å²) in [5, 5.41) is 6.89. The van der Waals surface area contributed by atoms with Crippen LogP contribution in [0, 0.1) is 0 Å². The number of carbonyl (C=O) groups is 1. The summed E-state index contributed by atoms with van der Waals surface area (Å²) in [6.07, 6.45) is 2.54. The first-order valence-corrected chi connectivity index (χ1v) is 8.38. The van der Waals surface area contributed by atoms with Crippen molar-refractivity contribution in [2.24, 2.45) is 0 Å². The van der Waals surface area contributed by atoms with E-state index in [1.807, 2.05) is 0 Å². The first-order chi connectivity index (χ1) is 11.0. The number of esters is 1. The minimum atomic E-state index is -0.472. The van der Waals surface area contributed by atoms with Crippen molar-refractivity contribution in [1.29, 1.82) is 0 Å². The minimum Gasteiger partial charge on any atom is -0.495 e. The Labute approximate surface area is 147 Å². The molecule has 0 spiro atoms. The average molecular weight is 359 g/mol. The monoisotopic (exact) mass is 358 g/mol. The largest absolute Gasteiger partial charge is 0.495 e. The Kier molecular flexibility index (Phi) is 8.73. The van der Waals surface area contributed by atoms with Crippen molar-refractivity contribution >= 4 is 40.6 Å². The molecule has 1 aromatic rings. The number of thiocarbonyl (C=S) groups is 1. The summed E-state index contributed by atoms with van der Waals surface area (Å²) in [5.74, 6) is 0.308. The predicted molar refractivity (Wildman–Crippen MR) is 97.3 cm³/mol. The molecule has 0 heterocycles. The summed E-state index contributed by atoms with van der Waals surface area (Å²) in [4.78, 5) is 12.0. The summed E-state index contributed by atoms with van der Waals surface area (Å²) in [6.45, 7) is 4.18. The Morgan fingerprint density at radius 1 is 1.39 bits per heavy atom. The maximum absolute atomic E-state index is 12.0. The van der Waals surface area contributed by atoms with E-state index in [4.69, 9.17) is 33.3 Å². The molecule has 0 fully saturated rings. The smallest absolute Gasteiger partial charge is 0.328 e. The molecule has 5 nitrogen and oxygen atoms in total. The highest BCUT2D eigenvalue weighted by Crippen LogP contribution is 2.27. The van der Waals surface area contributed by atoms with E-state index in [9.17, 15) is 4.79 Å². The van der Waals surface area contributed by atoms with Crippen LogP contribution in [-0.2, 0) is 9.53 Å². The molecule has 1 atom stereocenters. The van der Waals surface area contributed by atoms with Crippen molar-refractivity contribution in [2.75, 3.05) is 19.0 Å². The van der Waals surface area contributed by atoms with Gasteiger partial charge in [0.05, 0.1) is 19.4 Å². The second kappa shape index (κ2) is 10.3. The number of unbranched alkanes of at least 4 members (excludes halogenated alkanes) is 1. The van der Waals surface area contributed by atoms with E-state index in [0.717, 1.165) is 12.8 Å². The number of ether oxygens (including phenoxy) is 2. The van der Waals surface area contributed by atoms with Gasteiger partial charge < -0.3 is 20.1 Å². The number of halogens is 1. The summed E-state index contributed by atoms with van der Waals surface area (Å²) in [7, 11) is 1.56. The SMILES string of the molecule is CCCCC(NC(=S)Nc1cc(Cl)ccc1OC)C(=O)OCC. The molecule has 0 radical (unpaired) electrons. The van der Waals surface area contributed by atoms with Crippen LogP contribution in [0.5, 0.6) is 5.75 Å². The molecular formula is C16H23ClN2O3S. The van der Waals surface area contributed by atoms with E-state index in [-0.39, 0.29) is 5.97 Å². The summed E-state index contributed by atoms with van der Waals surface area (Å²) < 4.78 is 10.3. The molecule has 2 N–H and O–H groups in total. The van der Waals surface area contributed by atoms with Crippen LogP contribution >= 0.6 is 23.8 Å². The lowest BCUT2D eigenvalue weighted by Crippen LogP contribution is -2.43. The predicted octanol–water partition coefficient (Wildman–Crippen LogP) is 3.76. The number of anilines is 1. The molecule has 0 bridgehead atoms. The standard InChI is InChI=1S/C16H23ClN2O3S/c1-4-6-7-12(15(20)22-5-2)18-16(23)19-13-10-11(17)8-9-14(13)21-3/h8-10,12H,4-7H2,1-3H3,(H2,18,19,23). The normalized spacial score (nSPS) is 11.5. The van der Waals surface area contributed by atoms with Gasteiger partial charge in [0.25, 0.3) is 0 Å². The van der Waals surface area contributed by atoms with Gasteiger partial charge in [0.15, 0.2) is 5.11 Å². The summed E-state index contributed by atoms with van der Waals surface area (Å²) >= 11 is 11.3. The van der Waals surface area contributed by atoms with E-state index in [1.165, 1.54) is 0 Å². The lowest BCUT2D eigenvalue weighted by Gasteiger charge is -2.20. The molecule has 1 aromatic carbocycles. The molecular weight excluding hydrogens is 336 g/mol. The fourth-order valence-electron chi connectivity index (χ4n) is 1.99. The maximum Gasteiger partial charge on any atom is 0.328 e. The van der Waals surface area contributed by atoms with E-state index < -0.39 is 6.04 Å². The van der Waals surface area contributed by atoms with Crippen molar-refractivity contribution in [3.05, 3.63) is 23.2 Å². The highest BCUT2D eigenvalue weighted by Gasteiger charge is 2.20. The van der Waals surface area contributed by atoms with Gasteiger partial charge in [-0.05, 0) is 43.8 Å². The zero-order valence-electron chi connectivity index (χ0n) is 13.6. The summed E-state index contributed by atoms with van der Waals surface area (Å²) in [5.41, 5.74) is 0.635. The lowest BCUT2D eigenvalue weighted by atomic mass is 10.1. The second-order valence-corrected chi connectivity index (χ2v) is 5.73. The maximum atomic E-state index is 12.0. The molecule has 0 saturated heterocycles. The fourth-order valence-corrected chi connectivity index (χ4v) is 2.42. The van der Waals surface area contributed by atoms with E-state index >= 15 is 0 Å². The second-order valence-electron chi connectivity index (χ2n) is 4.89. The highest BCUT2D eigenvalue weighted by atomic mass is 35.5. The van der Waals surface area contributed by atoms with Crippen LogP contribution in [0.1, 0.15) is 33.1 Å². The van der Waals surface area contributed by atoms with Gasteiger partial charge in [-0.1, -0.05) is 31.4 Å². The molecule has 0 aliphatic rings. The Bertz CT molecular complexity index is 540. The van der Waals surface area contributed by atoms with Crippen LogP contribution in [0.2, 0.25) is 5.02 Å². The molecule has 0 saturated carbocycles. The number of rotatable bonds is 8. The van der Waals surface area contributed by atoms with Crippen molar-refractivity contribution in [2.45, 2.75) is 39.2 Å². The number of carbonyl (C=O) groups excluding carboxylic acids is 1. The number of benzene rings is 1. The van der Waals surface area contributed by atoms with Crippen molar-refractivity contribution < 1.29 is 14.3 Å². The molecule has 0 aliphatic carbocycles. The summed E-state index contributed by atoms with van der Waals surface area (Å²) in [6, 6.07) is 4.71. The van der Waals surface area contributed by atoms with Gasteiger partial charge in [-0.3, -0.25) is 0 Å². The highest BCUT2D eigenvalue weighted by molar-refractivity contribution is 7.80. The van der Waals surface area contributed by atoms with Gasteiger partial charge in [-0.2, -0.15) is 0 Å². The van der Waals surface area contributed by atoms with Gasteiger partial charge in [0, 0.05) is 5.02 Å². The topological polar surface area (TPSA) is 59.6 Å². The third-order valence-corrected chi connectivity index (χ3v) is 3.59.